The van der Waals surface area contributed by atoms with E-state index in [0.29, 0.717) is 5.92 Å². The average Bonchev–Trinajstić information content (AvgIpc) is 3.06. The molecule has 0 atom stereocenters. The summed E-state index contributed by atoms with van der Waals surface area (Å²) in [6, 6.07) is 6.10. The van der Waals surface area contributed by atoms with Gasteiger partial charge >= 0.3 is 0 Å². The van der Waals surface area contributed by atoms with E-state index >= 15 is 0 Å². The normalized spacial score (nSPS) is 15.8. The second kappa shape index (κ2) is 7.31. The number of rotatable bonds is 4. The number of piperidine rings is 1. The predicted octanol–water partition coefficient (Wildman–Crippen LogP) is 3.63. The van der Waals surface area contributed by atoms with Gasteiger partial charge in [-0.15, -0.1) is 23.7 Å². The quantitative estimate of drug-likeness (QED) is 0.801. The van der Waals surface area contributed by atoms with Crippen molar-refractivity contribution in [2.75, 3.05) is 18.4 Å². The second-order valence-electron chi connectivity index (χ2n) is 4.79. The Morgan fingerprint density at radius 2 is 2.15 bits per heavy atom. The van der Waals surface area contributed by atoms with E-state index in [1.165, 1.54) is 23.4 Å². The molecule has 2 aromatic rings. The van der Waals surface area contributed by atoms with E-state index in [2.05, 4.69) is 26.9 Å². The highest BCUT2D eigenvalue weighted by Crippen LogP contribution is 2.26. The fourth-order valence-electron chi connectivity index (χ4n) is 2.39. The van der Waals surface area contributed by atoms with Gasteiger partial charge in [0.25, 0.3) is 0 Å². The SMILES string of the molecule is Cl.Clc1ccc(CNc2cc(C3CCNCC3)[nH]n2)s1. The maximum atomic E-state index is 5.91. The molecular formula is C13H18Cl2N4S. The van der Waals surface area contributed by atoms with E-state index in [0.717, 1.165) is 29.8 Å². The van der Waals surface area contributed by atoms with E-state index in [1.807, 2.05) is 12.1 Å². The summed E-state index contributed by atoms with van der Waals surface area (Å²) in [5.41, 5.74) is 1.24. The van der Waals surface area contributed by atoms with Crippen LogP contribution >= 0.6 is 35.3 Å². The topological polar surface area (TPSA) is 52.7 Å². The molecule has 0 radical (unpaired) electrons. The van der Waals surface area contributed by atoms with Gasteiger partial charge < -0.3 is 10.6 Å². The molecule has 0 saturated carbocycles. The Labute approximate surface area is 133 Å². The molecule has 4 nitrogen and oxygen atoms in total. The minimum absolute atomic E-state index is 0. The molecule has 0 aliphatic carbocycles. The smallest absolute Gasteiger partial charge is 0.148 e. The Hall–Kier alpha value is -0.750. The molecule has 3 N–H and O–H groups in total. The Balaban J connectivity index is 0.00000147. The van der Waals surface area contributed by atoms with Gasteiger partial charge in [-0.2, -0.15) is 5.10 Å². The highest BCUT2D eigenvalue weighted by atomic mass is 35.5. The van der Waals surface area contributed by atoms with E-state index in [1.54, 1.807) is 11.3 Å². The lowest BCUT2D eigenvalue weighted by molar-refractivity contribution is 0.453. The van der Waals surface area contributed by atoms with Crippen LogP contribution in [0.4, 0.5) is 5.82 Å². The van der Waals surface area contributed by atoms with Gasteiger partial charge in [-0.1, -0.05) is 11.6 Å². The first-order chi connectivity index (χ1) is 9.31. The van der Waals surface area contributed by atoms with Crippen molar-refractivity contribution in [3.8, 4) is 0 Å². The van der Waals surface area contributed by atoms with Crippen molar-refractivity contribution in [1.29, 1.82) is 0 Å². The summed E-state index contributed by atoms with van der Waals surface area (Å²) in [5, 5.41) is 14.2. The minimum atomic E-state index is 0. The van der Waals surface area contributed by atoms with Crippen LogP contribution in [0.2, 0.25) is 4.34 Å². The lowest BCUT2D eigenvalue weighted by Crippen LogP contribution is -2.26. The summed E-state index contributed by atoms with van der Waals surface area (Å²) < 4.78 is 0.828. The third-order valence-corrected chi connectivity index (χ3v) is 4.68. The third-order valence-electron chi connectivity index (χ3n) is 3.45. The fourth-order valence-corrected chi connectivity index (χ4v) is 3.42. The van der Waals surface area contributed by atoms with Crippen molar-refractivity contribution in [3.63, 3.8) is 0 Å². The number of halogens is 2. The number of aromatic nitrogens is 2. The van der Waals surface area contributed by atoms with Crippen LogP contribution in [0.3, 0.4) is 0 Å². The number of thiophene rings is 1. The van der Waals surface area contributed by atoms with Crippen LogP contribution in [0.5, 0.6) is 0 Å². The summed E-state index contributed by atoms with van der Waals surface area (Å²) in [4.78, 5) is 1.22. The van der Waals surface area contributed by atoms with Crippen molar-refractivity contribution in [2.45, 2.75) is 25.3 Å². The van der Waals surface area contributed by atoms with Crippen molar-refractivity contribution in [3.05, 3.63) is 33.1 Å². The molecule has 0 aromatic carbocycles. The number of hydrogen-bond acceptors (Lipinski definition) is 4. The summed E-state index contributed by atoms with van der Waals surface area (Å²) in [6.45, 7) is 2.97. The molecular weight excluding hydrogens is 315 g/mol. The summed E-state index contributed by atoms with van der Waals surface area (Å²) in [7, 11) is 0. The maximum Gasteiger partial charge on any atom is 0.148 e. The molecule has 7 heteroatoms. The number of H-pyrrole nitrogens is 1. The van der Waals surface area contributed by atoms with E-state index in [4.69, 9.17) is 11.6 Å². The molecule has 1 aliphatic rings. The van der Waals surface area contributed by atoms with E-state index < -0.39 is 0 Å². The number of nitrogens with one attached hydrogen (secondary N) is 3. The highest BCUT2D eigenvalue weighted by Gasteiger charge is 2.17. The molecule has 20 heavy (non-hydrogen) atoms. The lowest BCUT2D eigenvalue weighted by atomic mass is 9.95. The highest BCUT2D eigenvalue weighted by molar-refractivity contribution is 7.16. The van der Waals surface area contributed by atoms with Crippen molar-refractivity contribution >= 4 is 41.2 Å². The molecule has 0 amide bonds. The summed E-state index contributed by atoms with van der Waals surface area (Å²) >= 11 is 7.51. The van der Waals surface area contributed by atoms with Crippen molar-refractivity contribution in [1.82, 2.24) is 15.5 Å². The first-order valence-electron chi connectivity index (χ1n) is 6.55. The van der Waals surface area contributed by atoms with Gasteiger partial charge in [-0.3, -0.25) is 5.10 Å². The number of hydrogen-bond donors (Lipinski definition) is 3. The van der Waals surface area contributed by atoms with Gasteiger partial charge in [0, 0.05) is 22.6 Å². The van der Waals surface area contributed by atoms with Crippen LogP contribution in [-0.4, -0.2) is 23.3 Å². The third kappa shape index (κ3) is 3.88. The number of anilines is 1. The molecule has 2 aromatic heterocycles. The molecule has 3 heterocycles. The molecule has 0 bridgehead atoms. The lowest BCUT2D eigenvalue weighted by Gasteiger charge is -2.20. The molecule has 1 saturated heterocycles. The Kier molecular flexibility index (Phi) is 5.72. The fraction of sp³-hybridized carbons (Fsp3) is 0.462. The monoisotopic (exact) mass is 332 g/mol. The van der Waals surface area contributed by atoms with Crippen molar-refractivity contribution in [2.24, 2.45) is 0 Å². The first kappa shape index (κ1) is 15.6. The van der Waals surface area contributed by atoms with Gasteiger partial charge in [-0.05, 0) is 38.1 Å². The van der Waals surface area contributed by atoms with Crippen LogP contribution < -0.4 is 10.6 Å². The standard InChI is InChI=1S/C13H17ClN4S.ClH/c14-12-2-1-10(19-12)8-16-13-7-11(17-18-13)9-3-5-15-6-4-9;/h1-2,7,9,15H,3-6,8H2,(H2,16,17,18);1H. The summed E-state index contributed by atoms with van der Waals surface area (Å²) in [6.07, 6.45) is 2.37. The van der Waals surface area contributed by atoms with Crippen LogP contribution in [-0.2, 0) is 6.54 Å². The Bertz CT molecular complexity index is 534. The Morgan fingerprint density at radius 1 is 1.35 bits per heavy atom. The molecule has 3 rings (SSSR count). The van der Waals surface area contributed by atoms with Crippen LogP contribution in [0.1, 0.15) is 29.3 Å². The van der Waals surface area contributed by atoms with Crippen LogP contribution in [0.25, 0.3) is 0 Å². The van der Waals surface area contributed by atoms with E-state index in [-0.39, 0.29) is 12.4 Å². The maximum absolute atomic E-state index is 5.91. The van der Waals surface area contributed by atoms with Gasteiger partial charge in [-0.25, -0.2) is 0 Å². The Morgan fingerprint density at radius 3 is 2.85 bits per heavy atom. The summed E-state index contributed by atoms with van der Waals surface area (Å²) in [5.74, 6) is 1.53. The average molecular weight is 333 g/mol. The van der Waals surface area contributed by atoms with Gasteiger partial charge in [0.1, 0.15) is 5.82 Å². The first-order valence-corrected chi connectivity index (χ1v) is 7.75. The van der Waals surface area contributed by atoms with Crippen LogP contribution in [0, 0.1) is 0 Å². The molecule has 1 aliphatic heterocycles. The minimum Gasteiger partial charge on any atom is -0.364 e. The zero-order chi connectivity index (χ0) is 13.1. The van der Waals surface area contributed by atoms with Crippen LogP contribution in [0.15, 0.2) is 18.2 Å². The number of nitrogens with zero attached hydrogens (tertiary/aromatic N) is 1. The largest absolute Gasteiger partial charge is 0.364 e. The second-order valence-corrected chi connectivity index (χ2v) is 6.59. The zero-order valence-corrected chi connectivity index (χ0v) is 13.4. The molecule has 0 unspecified atom stereocenters. The van der Waals surface area contributed by atoms with E-state index in [9.17, 15) is 0 Å². The van der Waals surface area contributed by atoms with Gasteiger partial charge in [0.2, 0.25) is 0 Å². The number of aromatic amines is 1. The van der Waals surface area contributed by atoms with Gasteiger partial charge in [0.15, 0.2) is 0 Å². The zero-order valence-electron chi connectivity index (χ0n) is 11.0. The molecule has 0 spiro atoms. The molecule has 1 fully saturated rings. The van der Waals surface area contributed by atoms with Gasteiger partial charge in [0.05, 0.1) is 10.9 Å². The van der Waals surface area contributed by atoms with Crippen molar-refractivity contribution < 1.29 is 0 Å². The predicted molar refractivity (Wildman–Crippen MR) is 87.3 cm³/mol. The molecule has 110 valence electrons.